The van der Waals surface area contributed by atoms with E-state index in [0.717, 1.165) is 35.7 Å². The van der Waals surface area contributed by atoms with E-state index in [1.54, 1.807) is 0 Å². The van der Waals surface area contributed by atoms with E-state index in [0.29, 0.717) is 0 Å². The average Bonchev–Trinajstić information content (AvgIpc) is 2.65. The maximum absolute atomic E-state index is 11.0. The summed E-state index contributed by atoms with van der Waals surface area (Å²) in [7, 11) is 0. The summed E-state index contributed by atoms with van der Waals surface area (Å²) in [6, 6.07) is 8.04. The third kappa shape index (κ3) is 1.66. The van der Waals surface area contributed by atoms with Crippen molar-refractivity contribution in [1.82, 2.24) is 9.88 Å². The number of hydrogen-bond donors (Lipinski definition) is 1. The van der Waals surface area contributed by atoms with Crippen LogP contribution in [-0.4, -0.2) is 17.4 Å². The number of hydrogen-bond acceptors (Lipinski definition) is 2. The number of fused-ring (bicyclic) bond motifs is 1. The molecule has 0 unspecified atom stereocenters. The van der Waals surface area contributed by atoms with Gasteiger partial charge in [0.25, 0.3) is 0 Å². The molecule has 0 bridgehead atoms. The summed E-state index contributed by atoms with van der Waals surface area (Å²) >= 11 is 0. The molecular formula is C13H15ClN2O. The lowest BCUT2D eigenvalue weighted by atomic mass is 10.0. The van der Waals surface area contributed by atoms with Gasteiger partial charge in [0.05, 0.1) is 11.2 Å². The second-order valence-electron chi connectivity index (χ2n) is 4.54. The maximum atomic E-state index is 11.0. The Labute approximate surface area is 106 Å². The highest BCUT2D eigenvalue weighted by Crippen LogP contribution is 2.31. The second kappa shape index (κ2) is 4.17. The van der Waals surface area contributed by atoms with Crippen molar-refractivity contribution >= 4 is 29.6 Å². The van der Waals surface area contributed by atoms with Gasteiger partial charge in [-0.15, -0.1) is 12.4 Å². The van der Waals surface area contributed by atoms with Crippen molar-refractivity contribution in [2.75, 3.05) is 6.54 Å². The van der Waals surface area contributed by atoms with E-state index in [2.05, 4.69) is 22.9 Å². The van der Waals surface area contributed by atoms with Gasteiger partial charge in [0.1, 0.15) is 0 Å². The molecule has 1 N–H and O–H groups in total. The molecule has 0 amide bonds. The van der Waals surface area contributed by atoms with Gasteiger partial charge in [0.2, 0.25) is 0 Å². The first-order valence-electron chi connectivity index (χ1n) is 5.55. The molecule has 4 heteroatoms. The van der Waals surface area contributed by atoms with Crippen LogP contribution in [0.1, 0.15) is 23.7 Å². The van der Waals surface area contributed by atoms with Crippen molar-refractivity contribution in [2.24, 2.45) is 0 Å². The highest BCUT2D eigenvalue weighted by molar-refractivity contribution is 5.97. The van der Waals surface area contributed by atoms with Gasteiger partial charge >= 0.3 is 0 Å². The molecule has 1 fully saturated rings. The van der Waals surface area contributed by atoms with Gasteiger partial charge in [-0.05, 0) is 19.4 Å². The quantitative estimate of drug-likeness (QED) is 0.832. The van der Waals surface area contributed by atoms with Gasteiger partial charge in [-0.2, -0.15) is 0 Å². The fourth-order valence-corrected chi connectivity index (χ4v) is 2.40. The Kier molecular flexibility index (Phi) is 2.98. The number of carbonyl (C=O) groups excluding carboxylic acids is 1. The van der Waals surface area contributed by atoms with E-state index < -0.39 is 0 Å². The predicted octanol–water partition coefficient (Wildman–Crippen LogP) is 2.54. The zero-order valence-electron chi connectivity index (χ0n) is 9.64. The Bertz CT molecular complexity index is 558. The van der Waals surface area contributed by atoms with E-state index in [9.17, 15) is 4.79 Å². The summed E-state index contributed by atoms with van der Waals surface area (Å²) in [5.41, 5.74) is 1.87. The standard InChI is InChI=1S/C13H14N2O.ClH/c1-13(6-7-14-13)15-8-10(9-16)11-4-2-3-5-12(11)15;/h2-5,8-9,14H,6-7H2,1H3;1H/t13-;/m1./s1. The molecule has 0 aliphatic carbocycles. The molecule has 1 saturated heterocycles. The average molecular weight is 251 g/mol. The molecule has 1 aromatic heterocycles. The summed E-state index contributed by atoms with van der Waals surface area (Å²) < 4.78 is 2.18. The number of benzene rings is 1. The SMILES string of the molecule is C[C@@]1(n2cc(C=O)c3ccccc32)CCN1.Cl. The molecule has 1 aliphatic rings. The van der Waals surface area contributed by atoms with Crippen molar-refractivity contribution in [1.29, 1.82) is 0 Å². The summed E-state index contributed by atoms with van der Waals surface area (Å²) in [5.74, 6) is 0. The zero-order valence-corrected chi connectivity index (χ0v) is 10.5. The summed E-state index contributed by atoms with van der Waals surface area (Å²) in [5, 5.41) is 4.45. The number of para-hydroxylation sites is 1. The van der Waals surface area contributed by atoms with Gasteiger partial charge in [-0.3, -0.25) is 10.1 Å². The molecule has 3 nitrogen and oxygen atoms in total. The minimum atomic E-state index is -0.0269. The number of halogens is 1. The van der Waals surface area contributed by atoms with Crippen LogP contribution in [0.25, 0.3) is 10.9 Å². The number of nitrogens with zero attached hydrogens (tertiary/aromatic N) is 1. The minimum absolute atomic E-state index is 0. The molecule has 1 aliphatic heterocycles. The van der Waals surface area contributed by atoms with E-state index in [4.69, 9.17) is 0 Å². The van der Waals surface area contributed by atoms with E-state index in [1.807, 2.05) is 24.4 Å². The molecule has 0 saturated carbocycles. The second-order valence-corrected chi connectivity index (χ2v) is 4.54. The highest BCUT2D eigenvalue weighted by Gasteiger charge is 2.34. The zero-order chi connectivity index (χ0) is 11.2. The van der Waals surface area contributed by atoms with Crippen molar-refractivity contribution in [2.45, 2.75) is 19.0 Å². The Hall–Kier alpha value is -1.32. The van der Waals surface area contributed by atoms with Crippen LogP contribution in [0.3, 0.4) is 0 Å². The van der Waals surface area contributed by atoms with Crippen LogP contribution >= 0.6 is 12.4 Å². The molecule has 90 valence electrons. The van der Waals surface area contributed by atoms with Crippen LogP contribution in [0.15, 0.2) is 30.5 Å². The first-order valence-corrected chi connectivity index (χ1v) is 5.55. The third-order valence-corrected chi connectivity index (χ3v) is 3.52. The van der Waals surface area contributed by atoms with E-state index in [-0.39, 0.29) is 18.1 Å². The van der Waals surface area contributed by atoms with Crippen molar-refractivity contribution in [3.8, 4) is 0 Å². The maximum Gasteiger partial charge on any atom is 0.152 e. The molecule has 0 spiro atoms. The van der Waals surface area contributed by atoms with Gasteiger partial charge < -0.3 is 4.57 Å². The third-order valence-electron chi connectivity index (χ3n) is 3.52. The molecule has 1 atom stereocenters. The highest BCUT2D eigenvalue weighted by atomic mass is 35.5. The molecule has 1 aromatic carbocycles. The molecule has 2 heterocycles. The molecule has 2 aromatic rings. The Balaban J connectivity index is 0.00000108. The molecule has 17 heavy (non-hydrogen) atoms. The van der Waals surface area contributed by atoms with Gasteiger partial charge in [0.15, 0.2) is 6.29 Å². The predicted molar refractivity (Wildman–Crippen MR) is 70.8 cm³/mol. The normalized spacial score (nSPS) is 22.9. The fourth-order valence-electron chi connectivity index (χ4n) is 2.40. The number of nitrogens with one attached hydrogen (secondary N) is 1. The topological polar surface area (TPSA) is 34.0 Å². The number of rotatable bonds is 2. The largest absolute Gasteiger partial charge is 0.328 e. The molecule has 0 radical (unpaired) electrons. The summed E-state index contributed by atoms with van der Waals surface area (Å²) in [4.78, 5) is 11.0. The van der Waals surface area contributed by atoms with E-state index in [1.165, 1.54) is 0 Å². The lowest BCUT2D eigenvalue weighted by molar-refractivity contribution is 0.112. The van der Waals surface area contributed by atoms with Crippen LogP contribution < -0.4 is 5.32 Å². The van der Waals surface area contributed by atoms with Gasteiger partial charge in [0, 0.05) is 23.7 Å². The molecular weight excluding hydrogens is 236 g/mol. The fraction of sp³-hybridized carbons (Fsp3) is 0.308. The Morgan fingerprint density at radius 2 is 2.12 bits per heavy atom. The van der Waals surface area contributed by atoms with Gasteiger partial charge in [-0.1, -0.05) is 18.2 Å². The Morgan fingerprint density at radius 1 is 1.41 bits per heavy atom. The first kappa shape index (κ1) is 12.1. The van der Waals surface area contributed by atoms with Gasteiger partial charge in [-0.25, -0.2) is 0 Å². The van der Waals surface area contributed by atoms with Crippen molar-refractivity contribution < 1.29 is 4.79 Å². The van der Waals surface area contributed by atoms with Crippen molar-refractivity contribution in [3.05, 3.63) is 36.0 Å². The van der Waals surface area contributed by atoms with E-state index >= 15 is 0 Å². The lowest BCUT2D eigenvalue weighted by Gasteiger charge is -2.42. The summed E-state index contributed by atoms with van der Waals surface area (Å²) in [6.45, 7) is 3.21. The number of carbonyl (C=O) groups is 1. The van der Waals surface area contributed by atoms with Crippen molar-refractivity contribution in [3.63, 3.8) is 0 Å². The van der Waals surface area contributed by atoms with Crippen LogP contribution in [-0.2, 0) is 5.66 Å². The lowest BCUT2D eigenvalue weighted by Crippen LogP contribution is -2.55. The minimum Gasteiger partial charge on any atom is -0.328 e. The number of aromatic nitrogens is 1. The molecule has 3 rings (SSSR count). The first-order chi connectivity index (χ1) is 7.74. The smallest absolute Gasteiger partial charge is 0.152 e. The summed E-state index contributed by atoms with van der Waals surface area (Å²) in [6.07, 6.45) is 3.98. The van der Waals surface area contributed by atoms with Crippen LogP contribution in [0.5, 0.6) is 0 Å². The van der Waals surface area contributed by atoms with Crippen LogP contribution in [0, 0.1) is 0 Å². The number of aldehydes is 1. The van der Waals surface area contributed by atoms with Crippen LogP contribution in [0.2, 0.25) is 0 Å². The van der Waals surface area contributed by atoms with Crippen LogP contribution in [0.4, 0.5) is 0 Å². The monoisotopic (exact) mass is 250 g/mol. The Morgan fingerprint density at radius 3 is 2.71 bits per heavy atom.